The van der Waals surface area contributed by atoms with Crippen molar-refractivity contribution in [2.24, 2.45) is 0 Å². The molecule has 3 rings (SSSR count). The minimum absolute atomic E-state index is 0.0865. The number of nitrogens with zero attached hydrogens (tertiary/aromatic N) is 2. The Morgan fingerprint density at radius 2 is 2.00 bits per heavy atom. The summed E-state index contributed by atoms with van der Waals surface area (Å²) in [6.07, 6.45) is 1.48. The van der Waals surface area contributed by atoms with E-state index in [1.165, 1.54) is 0 Å². The third-order valence-electron chi connectivity index (χ3n) is 4.48. The first-order valence-electron chi connectivity index (χ1n) is 8.76. The normalized spacial score (nSPS) is 16.4. The fraction of sp³-hybridized carbons (Fsp3) is 0.250. The summed E-state index contributed by atoms with van der Waals surface area (Å²) >= 11 is 12.0. The first kappa shape index (κ1) is 20.2. The summed E-state index contributed by atoms with van der Waals surface area (Å²) < 4.78 is 0. The van der Waals surface area contributed by atoms with Gasteiger partial charge in [-0.05, 0) is 55.8 Å². The third kappa shape index (κ3) is 5.02. The van der Waals surface area contributed by atoms with Gasteiger partial charge in [0.1, 0.15) is 0 Å². The Bertz CT molecular complexity index is 942. The van der Waals surface area contributed by atoms with Gasteiger partial charge in [0.2, 0.25) is 11.8 Å². The van der Waals surface area contributed by atoms with Crippen LogP contribution >= 0.6 is 23.2 Å². The SMILES string of the molecule is N#Cc1cccc(NC(=O)CN2CCCC2C(=O)Nc2ccc(Cl)cc2Cl)c1. The van der Waals surface area contributed by atoms with Crippen molar-refractivity contribution in [2.45, 2.75) is 18.9 Å². The number of carbonyl (C=O) groups excluding carboxylic acids is 2. The van der Waals surface area contributed by atoms with Crippen molar-refractivity contribution in [3.05, 3.63) is 58.1 Å². The van der Waals surface area contributed by atoms with Crippen LogP contribution in [0.15, 0.2) is 42.5 Å². The van der Waals surface area contributed by atoms with E-state index in [0.29, 0.717) is 39.9 Å². The van der Waals surface area contributed by atoms with E-state index in [-0.39, 0.29) is 18.4 Å². The van der Waals surface area contributed by atoms with Crippen molar-refractivity contribution >= 4 is 46.4 Å². The summed E-state index contributed by atoms with van der Waals surface area (Å²) in [5.74, 6) is -0.444. The van der Waals surface area contributed by atoms with Gasteiger partial charge in [-0.3, -0.25) is 14.5 Å². The molecule has 0 aliphatic carbocycles. The number of nitrogens with one attached hydrogen (secondary N) is 2. The molecule has 144 valence electrons. The average molecular weight is 417 g/mol. The van der Waals surface area contributed by atoms with Gasteiger partial charge in [-0.2, -0.15) is 5.26 Å². The van der Waals surface area contributed by atoms with Gasteiger partial charge >= 0.3 is 0 Å². The van der Waals surface area contributed by atoms with E-state index < -0.39 is 6.04 Å². The van der Waals surface area contributed by atoms with Crippen LogP contribution in [0.25, 0.3) is 0 Å². The number of halogens is 2. The van der Waals surface area contributed by atoms with E-state index in [2.05, 4.69) is 10.6 Å². The molecule has 1 fully saturated rings. The van der Waals surface area contributed by atoms with Gasteiger partial charge in [0.15, 0.2) is 0 Å². The molecule has 28 heavy (non-hydrogen) atoms. The van der Waals surface area contributed by atoms with Crippen molar-refractivity contribution in [1.82, 2.24) is 4.90 Å². The van der Waals surface area contributed by atoms with Gasteiger partial charge < -0.3 is 10.6 Å². The van der Waals surface area contributed by atoms with Crippen LogP contribution in [0.3, 0.4) is 0 Å². The second-order valence-electron chi connectivity index (χ2n) is 6.48. The van der Waals surface area contributed by atoms with Gasteiger partial charge in [-0.25, -0.2) is 0 Å². The standard InChI is InChI=1S/C20H18Cl2N4O2/c21-14-6-7-17(16(22)10-14)25-20(28)18-5-2-8-26(18)12-19(27)24-15-4-1-3-13(9-15)11-23/h1,3-4,6-7,9-10,18H,2,5,8,12H2,(H,24,27)(H,25,28). The Morgan fingerprint density at radius 1 is 1.18 bits per heavy atom. The number of nitriles is 1. The maximum absolute atomic E-state index is 12.7. The quantitative estimate of drug-likeness (QED) is 0.773. The largest absolute Gasteiger partial charge is 0.325 e. The molecule has 0 saturated carbocycles. The van der Waals surface area contributed by atoms with E-state index in [0.717, 1.165) is 6.42 Å². The zero-order valence-corrected chi connectivity index (χ0v) is 16.4. The highest BCUT2D eigenvalue weighted by atomic mass is 35.5. The molecule has 2 aromatic rings. The minimum Gasteiger partial charge on any atom is -0.325 e. The van der Waals surface area contributed by atoms with Crippen LogP contribution in [0, 0.1) is 11.3 Å². The molecule has 0 bridgehead atoms. The van der Waals surface area contributed by atoms with Crippen LogP contribution in [-0.4, -0.2) is 35.8 Å². The zero-order chi connectivity index (χ0) is 20.1. The van der Waals surface area contributed by atoms with Crippen LogP contribution in [-0.2, 0) is 9.59 Å². The van der Waals surface area contributed by atoms with Crippen molar-refractivity contribution in [1.29, 1.82) is 5.26 Å². The van der Waals surface area contributed by atoms with Gasteiger partial charge in [0.25, 0.3) is 0 Å². The van der Waals surface area contributed by atoms with Gasteiger partial charge in [0, 0.05) is 10.7 Å². The van der Waals surface area contributed by atoms with E-state index in [4.69, 9.17) is 28.5 Å². The summed E-state index contributed by atoms with van der Waals surface area (Å²) in [5, 5.41) is 15.4. The molecule has 0 spiro atoms. The van der Waals surface area contributed by atoms with Crippen LogP contribution in [0.2, 0.25) is 10.0 Å². The molecule has 2 amide bonds. The molecule has 2 N–H and O–H groups in total. The number of hydrogen-bond acceptors (Lipinski definition) is 4. The molecule has 2 aromatic carbocycles. The molecular weight excluding hydrogens is 399 g/mol. The average Bonchev–Trinajstić information content (AvgIpc) is 3.12. The van der Waals surface area contributed by atoms with Gasteiger partial charge in [-0.1, -0.05) is 29.3 Å². The summed E-state index contributed by atoms with van der Waals surface area (Å²) in [6.45, 7) is 0.737. The molecule has 1 saturated heterocycles. The predicted molar refractivity (Wildman–Crippen MR) is 109 cm³/mol. The summed E-state index contributed by atoms with van der Waals surface area (Å²) in [5.41, 5.74) is 1.51. The highest BCUT2D eigenvalue weighted by Crippen LogP contribution is 2.27. The molecule has 0 aromatic heterocycles. The molecule has 0 radical (unpaired) electrons. The number of rotatable bonds is 5. The Morgan fingerprint density at radius 3 is 2.75 bits per heavy atom. The fourth-order valence-corrected chi connectivity index (χ4v) is 3.63. The lowest BCUT2D eigenvalue weighted by Crippen LogP contribution is -2.43. The number of anilines is 2. The van der Waals surface area contributed by atoms with E-state index in [9.17, 15) is 9.59 Å². The predicted octanol–water partition coefficient (Wildman–Crippen LogP) is 3.91. The smallest absolute Gasteiger partial charge is 0.241 e. The van der Waals surface area contributed by atoms with Crippen molar-refractivity contribution < 1.29 is 9.59 Å². The topological polar surface area (TPSA) is 85.2 Å². The first-order chi connectivity index (χ1) is 13.5. The number of benzene rings is 2. The van der Waals surface area contributed by atoms with Crippen LogP contribution < -0.4 is 10.6 Å². The second kappa shape index (κ2) is 9.07. The summed E-state index contributed by atoms with van der Waals surface area (Å²) in [7, 11) is 0. The molecule has 1 aliphatic rings. The lowest BCUT2D eigenvalue weighted by molar-refractivity contribution is -0.122. The lowest BCUT2D eigenvalue weighted by atomic mass is 10.2. The van der Waals surface area contributed by atoms with Crippen molar-refractivity contribution in [3.63, 3.8) is 0 Å². The Kier molecular flexibility index (Phi) is 6.53. The van der Waals surface area contributed by atoms with Crippen molar-refractivity contribution in [3.8, 4) is 6.07 Å². The van der Waals surface area contributed by atoms with Crippen LogP contribution in [0.1, 0.15) is 18.4 Å². The minimum atomic E-state index is -0.414. The molecule has 1 heterocycles. The third-order valence-corrected chi connectivity index (χ3v) is 5.03. The maximum atomic E-state index is 12.7. The second-order valence-corrected chi connectivity index (χ2v) is 7.33. The zero-order valence-electron chi connectivity index (χ0n) is 14.9. The molecule has 6 nitrogen and oxygen atoms in total. The lowest BCUT2D eigenvalue weighted by Gasteiger charge is -2.23. The number of hydrogen-bond donors (Lipinski definition) is 2. The fourth-order valence-electron chi connectivity index (χ4n) is 3.17. The number of likely N-dealkylation sites (tertiary alicyclic amines) is 1. The summed E-state index contributed by atoms with van der Waals surface area (Å²) in [4.78, 5) is 26.9. The monoisotopic (exact) mass is 416 g/mol. The van der Waals surface area contributed by atoms with Crippen LogP contribution in [0.5, 0.6) is 0 Å². The molecule has 1 unspecified atom stereocenters. The van der Waals surface area contributed by atoms with Crippen molar-refractivity contribution in [2.75, 3.05) is 23.7 Å². The maximum Gasteiger partial charge on any atom is 0.241 e. The van der Waals surface area contributed by atoms with Crippen LogP contribution in [0.4, 0.5) is 11.4 Å². The van der Waals surface area contributed by atoms with E-state index in [1.807, 2.05) is 11.0 Å². The molecule has 1 aliphatic heterocycles. The summed E-state index contributed by atoms with van der Waals surface area (Å²) in [6, 6.07) is 13.2. The van der Waals surface area contributed by atoms with Gasteiger partial charge in [-0.15, -0.1) is 0 Å². The molecular formula is C20H18Cl2N4O2. The van der Waals surface area contributed by atoms with E-state index >= 15 is 0 Å². The highest BCUT2D eigenvalue weighted by molar-refractivity contribution is 6.36. The first-order valence-corrected chi connectivity index (χ1v) is 9.52. The molecule has 1 atom stereocenters. The van der Waals surface area contributed by atoms with E-state index in [1.54, 1.807) is 42.5 Å². The Labute approximate surface area is 173 Å². The number of amides is 2. The Hall–Kier alpha value is -2.59. The molecule has 8 heteroatoms. The Balaban J connectivity index is 1.61. The number of carbonyl (C=O) groups is 2. The van der Waals surface area contributed by atoms with Gasteiger partial charge in [0.05, 0.1) is 34.9 Å². The highest BCUT2D eigenvalue weighted by Gasteiger charge is 2.32.